The van der Waals surface area contributed by atoms with Crippen LogP contribution in [0.5, 0.6) is 0 Å². The molecule has 1 rings (SSSR count). The lowest BCUT2D eigenvalue weighted by atomic mass is 10.5. The first-order valence-electron chi connectivity index (χ1n) is 3.62. The molecule has 0 bridgehead atoms. The lowest BCUT2D eigenvalue weighted by Gasteiger charge is -2.11. The van der Waals surface area contributed by atoms with Gasteiger partial charge in [0.15, 0.2) is 0 Å². The molecular weight excluding hydrogens is 283 g/mol. The second-order valence-corrected chi connectivity index (χ2v) is 4.62. The third kappa shape index (κ3) is 3.49. The minimum Gasteiger partial charge on any atom is -0.262 e. The van der Waals surface area contributed by atoms with E-state index in [0.717, 1.165) is 11.8 Å². The monoisotopic (exact) mass is 289 g/mol. The maximum atomic E-state index is 12.0. The summed E-state index contributed by atoms with van der Waals surface area (Å²) < 4.78 is 36.1. The third-order valence-corrected chi connectivity index (χ3v) is 3.50. The minimum atomic E-state index is -4.22. The number of halogens is 4. The van der Waals surface area contributed by atoms with Gasteiger partial charge in [-0.1, -0.05) is 27.7 Å². The first-order valence-corrected chi connectivity index (χ1v) is 5.52. The van der Waals surface area contributed by atoms with E-state index in [1.54, 1.807) is 6.92 Å². The van der Waals surface area contributed by atoms with Gasteiger partial charge < -0.3 is 0 Å². The highest BCUT2D eigenvalue weighted by Gasteiger charge is 2.37. The topological polar surface area (TPSA) is 41.6 Å². The largest absolute Gasteiger partial charge is 0.402 e. The zero-order valence-electron chi connectivity index (χ0n) is 7.10. The van der Waals surface area contributed by atoms with E-state index in [1.165, 1.54) is 0 Å². The van der Waals surface area contributed by atoms with E-state index in [-0.39, 0.29) is 5.75 Å². The van der Waals surface area contributed by atoms with Crippen molar-refractivity contribution in [3.05, 3.63) is 5.82 Å². The van der Waals surface area contributed by atoms with Crippen molar-refractivity contribution in [3.63, 3.8) is 0 Å². The van der Waals surface area contributed by atoms with E-state index in [9.17, 15) is 13.2 Å². The van der Waals surface area contributed by atoms with E-state index in [2.05, 4.69) is 31.1 Å². The molecular formula is C6H7BrF3N3S. The van der Waals surface area contributed by atoms with Gasteiger partial charge >= 0.3 is 6.18 Å². The molecule has 0 aliphatic heterocycles. The van der Waals surface area contributed by atoms with Crippen molar-refractivity contribution in [2.45, 2.75) is 23.1 Å². The Labute approximate surface area is 91.0 Å². The average molecular weight is 290 g/mol. The van der Waals surface area contributed by atoms with Crippen molar-refractivity contribution in [1.82, 2.24) is 15.2 Å². The Morgan fingerprint density at radius 3 is 2.64 bits per heavy atom. The van der Waals surface area contributed by atoms with E-state index in [4.69, 9.17) is 0 Å². The Balaban J connectivity index is 2.41. The van der Waals surface area contributed by atoms with Gasteiger partial charge in [0.25, 0.3) is 0 Å². The molecule has 1 heterocycles. The number of thioether (sulfide) groups is 1. The lowest BCUT2D eigenvalue weighted by molar-refractivity contribution is -0.122. The van der Waals surface area contributed by atoms with Gasteiger partial charge in [-0.05, 0) is 6.92 Å². The van der Waals surface area contributed by atoms with Gasteiger partial charge in [0.1, 0.15) is 10.7 Å². The van der Waals surface area contributed by atoms with Gasteiger partial charge in [0.05, 0.1) is 0 Å². The van der Waals surface area contributed by atoms with Crippen molar-refractivity contribution >= 4 is 27.7 Å². The summed E-state index contributed by atoms with van der Waals surface area (Å²) in [6, 6.07) is 0. The van der Waals surface area contributed by atoms with Crippen molar-refractivity contribution < 1.29 is 13.2 Å². The molecule has 0 fully saturated rings. The molecule has 0 aliphatic carbocycles. The number of aromatic amines is 1. The number of aromatic nitrogens is 3. The first kappa shape index (κ1) is 11.8. The van der Waals surface area contributed by atoms with Crippen molar-refractivity contribution in [2.24, 2.45) is 0 Å². The van der Waals surface area contributed by atoms with Crippen LogP contribution in [0.1, 0.15) is 5.82 Å². The molecule has 80 valence electrons. The molecule has 1 aromatic heterocycles. The van der Waals surface area contributed by atoms with Crippen LogP contribution in [0.15, 0.2) is 5.16 Å². The van der Waals surface area contributed by atoms with Crippen molar-refractivity contribution in [3.8, 4) is 0 Å². The standard InChI is InChI=1S/C6H7BrF3N3S/c1-3-11-5(13-12-3)14-2-4(7)6(8,9)10/h4H,2H2,1H3,(H,11,12,13). The molecule has 1 N–H and O–H groups in total. The van der Waals surface area contributed by atoms with Gasteiger partial charge in [-0.15, -0.1) is 5.10 Å². The van der Waals surface area contributed by atoms with Crippen molar-refractivity contribution in [2.75, 3.05) is 5.75 Å². The number of alkyl halides is 4. The first-order chi connectivity index (χ1) is 6.39. The van der Waals surface area contributed by atoms with Crippen LogP contribution in [-0.2, 0) is 0 Å². The SMILES string of the molecule is Cc1nc(SCC(Br)C(F)(F)F)n[nH]1. The fraction of sp³-hybridized carbons (Fsp3) is 0.667. The number of aryl methyl sites for hydroxylation is 1. The number of nitrogens with zero attached hydrogens (tertiary/aromatic N) is 2. The van der Waals surface area contributed by atoms with Gasteiger partial charge in [0, 0.05) is 5.75 Å². The minimum absolute atomic E-state index is 0.138. The van der Waals surface area contributed by atoms with Crippen molar-refractivity contribution in [1.29, 1.82) is 0 Å². The summed E-state index contributed by atoms with van der Waals surface area (Å²) in [4.78, 5) is 2.34. The number of hydrogen-bond acceptors (Lipinski definition) is 3. The van der Waals surface area contributed by atoms with E-state index in [0.29, 0.717) is 11.0 Å². The Hall–Kier alpha value is -0.240. The normalized spacial score (nSPS) is 14.4. The quantitative estimate of drug-likeness (QED) is 0.687. The molecule has 0 amide bonds. The highest BCUT2D eigenvalue weighted by Crippen LogP contribution is 2.30. The smallest absolute Gasteiger partial charge is 0.262 e. The van der Waals surface area contributed by atoms with Crippen LogP contribution in [0.4, 0.5) is 13.2 Å². The molecule has 0 aromatic carbocycles. The summed E-state index contributed by atoms with van der Waals surface area (Å²) >= 11 is 3.51. The fourth-order valence-corrected chi connectivity index (χ4v) is 1.82. The predicted molar refractivity (Wildman–Crippen MR) is 50.6 cm³/mol. The lowest BCUT2D eigenvalue weighted by Crippen LogP contribution is -2.24. The highest BCUT2D eigenvalue weighted by atomic mass is 79.9. The molecule has 0 saturated heterocycles. The summed E-state index contributed by atoms with van der Waals surface area (Å²) in [5.41, 5.74) is 0. The molecule has 1 aromatic rings. The molecule has 0 saturated carbocycles. The van der Waals surface area contributed by atoms with Crippen LogP contribution in [0.25, 0.3) is 0 Å². The number of hydrogen-bond donors (Lipinski definition) is 1. The third-order valence-electron chi connectivity index (χ3n) is 1.29. The Bertz CT molecular complexity index is 301. The van der Waals surface area contributed by atoms with E-state index in [1.807, 2.05) is 0 Å². The Morgan fingerprint density at radius 2 is 2.21 bits per heavy atom. The van der Waals surface area contributed by atoms with Crippen LogP contribution < -0.4 is 0 Å². The highest BCUT2D eigenvalue weighted by molar-refractivity contribution is 9.09. The van der Waals surface area contributed by atoms with Crippen LogP contribution >= 0.6 is 27.7 Å². The Morgan fingerprint density at radius 1 is 1.57 bits per heavy atom. The molecule has 8 heteroatoms. The summed E-state index contributed by atoms with van der Waals surface area (Å²) in [6.07, 6.45) is -4.22. The fourth-order valence-electron chi connectivity index (χ4n) is 0.629. The van der Waals surface area contributed by atoms with E-state index >= 15 is 0 Å². The molecule has 14 heavy (non-hydrogen) atoms. The van der Waals surface area contributed by atoms with E-state index < -0.39 is 11.0 Å². The Kier molecular flexibility index (Phi) is 3.82. The second-order valence-electron chi connectivity index (χ2n) is 2.52. The molecule has 0 aliphatic rings. The zero-order chi connectivity index (χ0) is 10.8. The number of H-pyrrole nitrogens is 1. The van der Waals surface area contributed by atoms with Gasteiger partial charge in [-0.2, -0.15) is 13.2 Å². The summed E-state index contributed by atoms with van der Waals surface area (Å²) in [5, 5.41) is 6.59. The summed E-state index contributed by atoms with van der Waals surface area (Å²) in [6.45, 7) is 1.69. The maximum Gasteiger partial charge on any atom is 0.402 e. The second kappa shape index (κ2) is 4.52. The molecule has 0 spiro atoms. The van der Waals surface area contributed by atoms with Crippen LogP contribution in [0.2, 0.25) is 0 Å². The number of rotatable bonds is 3. The van der Waals surface area contributed by atoms with Gasteiger partial charge in [-0.25, -0.2) is 4.98 Å². The van der Waals surface area contributed by atoms with Crippen LogP contribution in [0, 0.1) is 6.92 Å². The predicted octanol–water partition coefficient (Wildman–Crippen LogP) is 2.53. The molecule has 1 unspecified atom stereocenters. The van der Waals surface area contributed by atoms with Gasteiger partial charge in [-0.3, -0.25) is 5.10 Å². The molecule has 3 nitrogen and oxygen atoms in total. The zero-order valence-corrected chi connectivity index (χ0v) is 9.50. The average Bonchev–Trinajstić information content (AvgIpc) is 2.45. The van der Waals surface area contributed by atoms with Crippen LogP contribution in [-0.4, -0.2) is 31.9 Å². The van der Waals surface area contributed by atoms with Gasteiger partial charge in [0.2, 0.25) is 5.16 Å². The molecule has 1 atom stereocenters. The molecule has 0 radical (unpaired) electrons. The number of nitrogens with one attached hydrogen (secondary N) is 1. The summed E-state index contributed by atoms with van der Waals surface area (Å²) in [5.74, 6) is 0.450. The maximum absolute atomic E-state index is 12.0. The summed E-state index contributed by atoms with van der Waals surface area (Å²) in [7, 11) is 0. The van der Waals surface area contributed by atoms with Crippen LogP contribution in [0.3, 0.4) is 0 Å².